The van der Waals surface area contributed by atoms with Gasteiger partial charge in [0.15, 0.2) is 17.3 Å². The van der Waals surface area contributed by atoms with Crippen LogP contribution < -0.4 is 9.47 Å². The Bertz CT molecular complexity index is 761. The van der Waals surface area contributed by atoms with Gasteiger partial charge in [-0.3, -0.25) is 9.59 Å². The first-order chi connectivity index (χ1) is 14.2. The molecule has 168 valence electrons. The lowest BCUT2D eigenvalue weighted by atomic mass is 10.1. The van der Waals surface area contributed by atoms with E-state index in [-0.39, 0.29) is 63.3 Å². The average molecular weight is 427 g/mol. The van der Waals surface area contributed by atoms with Crippen LogP contribution in [0.3, 0.4) is 0 Å². The van der Waals surface area contributed by atoms with Gasteiger partial charge in [-0.1, -0.05) is 0 Å². The molecule has 0 fully saturated rings. The number of carbonyl (C=O) groups is 2. The Morgan fingerprint density at radius 1 is 1.20 bits per heavy atom. The molecule has 9 heteroatoms. The number of methoxy groups -OCH3 is 1. The van der Waals surface area contributed by atoms with Gasteiger partial charge >= 0.3 is 5.97 Å². The summed E-state index contributed by atoms with van der Waals surface area (Å²) in [6.07, 6.45) is 0.435. The van der Waals surface area contributed by atoms with Crippen LogP contribution in [0.15, 0.2) is 6.07 Å². The summed E-state index contributed by atoms with van der Waals surface area (Å²) in [7, 11) is 1.42. The molecule has 0 aliphatic carbocycles. The van der Waals surface area contributed by atoms with E-state index >= 15 is 4.39 Å². The molecule has 0 aromatic heterocycles. The molecule has 1 aromatic rings. The minimum atomic E-state index is -0.607. The maximum Gasteiger partial charge on any atom is 0.306 e. The second-order valence-electron chi connectivity index (χ2n) is 7.94. The third-order valence-electron chi connectivity index (χ3n) is 4.40. The first-order valence-corrected chi connectivity index (χ1v) is 9.85. The van der Waals surface area contributed by atoms with Crippen LogP contribution in [-0.2, 0) is 32.2 Å². The zero-order chi connectivity index (χ0) is 22.3. The molecule has 1 heterocycles. The number of aliphatic hydroxyl groups excluding tert-OH is 1. The number of benzene rings is 1. The average Bonchev–Trinajstić information content (AvgIpc) is 3.10. The van der Waals surface area contributed by atoms with Crippen LogP contribution in [0.1, 0.15) is 51.2 Å². The van der Waals surface area contributed by atoms with Gasteiger partial charge in [-0.15, -0.1) is 0 Å². The molecule has 2 rings (SSSR count). The molecule has 1 amide bonds. The molecule has 0 bridgehead atoms. The molecule has 8 nitrogen and oxygen atoms in total. The van der Waals surface area contributed by atoms with Crippen molar-refractivity contribution in [3.05, 3.63) is 23.0 Å². The fourth-order valence-electron chi connectivity index (χ4n) is 3.08. The number of halogens is 1. The van der Waals surface area contributed by atoms with Crippen molar-refractivity contribution in [3.63, 3.8) is 0 Å². The van der Waals surface area contributed by atoms with Gasteiger partial charge in [-0.25, -0.2) is 4.39 Å². The zero-order valence-electron chi connectivity index (χ0n) is 18.0. The first-order valence-electron chi connectivity index (χ1n) is 9.85. The van der Waals surface area contributed by atoms with Crippen molar-refractivity contribution in [2.75, 3.05) is 27.1 Å². The minimum absolute atomic E-state index is 0.00410. The van der Waals surface area contributed by atoms with Crippen LogP contribution in [0.2, 0.25) is 0 Å². The Hall–Kier alpha value is -2.39. The van der Waals surface area contributed by atoms with Crippen LogP contribution in [0, 0.1) is 5.82 Å². The van der Waals surface area contributed by atoms with Crippen LogP contribution in [0.25, 0.3) is 0 Å². The largest absolute Gasteiger partial charge is 0.493 e. The predicted molar refractivity (Wildman–Crippen MR) is 105 cm³/mol. The highest BCUT2D eigenvalue weighted by atomic mass is 19.1. The molecule has 0 unspecified atom stereocenters. The Morgan fingerprint density at radius 2 is 1.93 bits per heavy atom. The fraction of sp³-hybridized carbons (Fsp3) is 0.619. The van der Waals surface area contributed by atoms with Crippen molar-refractivity contribution < 1.29 is 38.0 Å². The van der Waals surface area contributed by atoms with E-state index in [0.717, 1.165) is 0 Å². The van der Waals surface area contributed by atoms with E-state index in [4.69, 9.17) is 24.1 Å². The Balaban J connectivity index is 2.00. The molecule has 1 N–H and O–H groups in total. The normalized spacial score (nSPS) is 13.2. The molecule has 0 atom stereocenters. The van der Waals surface area contributed by atoms with E-state index in [1.165, 1.54) is 12.0 Å². The van der Waals surface area contributed by atoms with Crippen molar-refractivity contribution in [1.29, 1.82) is 0 Å². The highest BCUT2D eigenvalue weighted by Gasteiger charge is 2.30. The second kappa shape index (κ2) is 10.6. The van der Waals surface area contributed by atoms with E-state index < -0.39 is 17.4 Å². The third-order valence-corrected chi connectivity index (χ3v) is 4.40. The molecule has 0 spiro atoms. The Labute approximate surface area is 175 Å². The number of hydrogen-bond acceptors (Lipinski definition) is 7. The third kappa shape index (κ3) is 6.56. The highest BCUT2D eigenvalue weighted by Crippen LogP contribution is 2.39. The first kappa shape index (κ1) is 23.9. The van der Waals surface area contributed by atoms with Gasteiger partial charge in [0.1, 0.15) is 12.4 Å². The SMILES string of the molecule is COc1cc2c(c(F)c1OCCCOCO)CN(C(=O)CCC(=O)OC(C)(C)C)C2. The van der Waals surface area contributed by atoms with Gasteiger partial charge in [0, 0.05) is 31.5 Å². The number of nitrogens with zero attached hydrogens (tertiary/aromatic N) is 1. The lowest BCUT2D eigenvalue weighted by molar-refractivity contribution is -0.156. The Kier molecular flexibility index (Phi) is 8.43. The van der Waals surface area contributed by atoms with Crippen molar-refractivity contribution in [1.82, 2.24) is 4.90 Å². The molecular formula is C21H30FNO7. The molecule has 0 saturated carbocycles. The highest BCUT2D eigenvalue weighted by molar-refractivity contribution is 5.82. The number of amides is 1. The van der Waals surface area contributed by atoms with Gasteiger partial charge in [0.05, 0.1) is 26.7 Å². The number of rotatable bonds is 10. The van der Waals surface area contributed by atoms with Crippen LogP contribution in [0.5, 0.6) is 11.5 Å². The number of fused-ring (bicyclic) bond motifs is 1. The fourth-order valence-corrected chi connectivity index (χ4v) is 3.08. The lowest BCUT2D eigenvalue weighted by Gasteiger charge is -2.20. The summed E-state index contributed by atoms with van der Waals surface area (Å²) < 4.78 is 35.8. The summed E-state index contributed by atoms with van der Waals surface area (Å²) in [5.41, 5.74) is 0.415. The Morgan fingerprint density at radius 3 is 2.57 bits per heavy atom. The number of esters is 1. The lowest BCUT2D eigenvalue weighted by Crippen LogP contribution is -2.28. The van der Waals surface area contributed by atoms with Gasteiger partial charge in [-0.2, -0.15) is 0 Å². The quantitative estimate of drug-likeness (QED) is 0.348. The van der Waals surface area contributed by atoms with Crippen LogP contribution >= 0.6 is 0 Å². The zero-order valence-corrected chi connectivity index (χ0v) is 18.0. The van der Waals surface area contributed by atoms with Crippen LogP contribution in [0.4, 0.5) is 4.39 Å². The summed E-state index contributed by atoms with van der Waals surface area (Å²) in [6, 6.07) is 1.67. The monoisotopic (exact) mass is 427 g/mol. The molecule has 0 saturated heterocycles. The van der Waals surface area contributed by atoms with E-state index in [1.54, 1.807) is 26.8 Å². The van der Waals surface area contributed by atoms with Crippen molar-refractivity contribution >= 4 is 11.9 Å². The molecule has 30 heavy (non-hydrogen) atoms. The van der Waals surface area contributed by atoms with Crippen molar-refractivity contribution in [3.8, 4) is 11.5 Å². The second-order valence-corrected chi connectivity index (χ2v) is 7.94. The summed E-state index contributed by atoms with van der Waals surface area (Å²) >= 11 is 0. The molecule has 1 aromatic carbocycles. The summed E-state index contributed by atoms with van der Waals surface area (Å²) in [4.78, 5) is 25.8. The van der Waals surface area contributed by atoms with Crippen molar-refractivity contribution in [2.24, 2.45) is 0 Å². The van der Waals surface area contributed by atoms with E-state index in [0.29, 0.717) is 17.5 Å². The van der Waals surface area contributed by atoms with Crippen molar-refractivity contribution in [2.45, 2.75) is 58.7 Å². The van der Waals surface area contributed by atoms with E-state index in [9.17, 15) is 9.59 Å². The van der Waals surface area contributed by atoms with Crippen LogP contribution in [-0.4, -0.2) is 54.6 Å². The topological polar surface area (TPSA) is 94.5 Å². The molecule has 1 aliphatic heterocycles. The number of ether oxygens (including phenoxy) is 4. The molecule has 1 aliphatic rings. The van der Waals surface area contributed by atoms with Gasteiger partial charge < -0.3 is 29.0 Å². The van der Waals surface area contributed by atoms with E-state index in [1.807, 2.05) is 0 Å². The molecular weight excluding hydrogens is 397 g/mol. The number of carbonyl (C=O) groups excluding carboxylic acids is 2. The van der Waals surface area contributed by atoms with Gasteiger partial charge in [-0.05, 0) is 32.4 Å². The predicted octanol–water partition coefficient (Wildman–Crippen LogP) is 2.53. The van der Waals surface area contributed by atoms with Gasteiger partial charge in [0.25, 0.3) is 0 Å². The maximum absolute atomic E-state index is 15.0. The smallest absolute Gasteiger partial charge is 0.306 e. The minimum Gasteiger partial charge on any atom is -0.493 e. The summed E-state index contributed by atoms with van der Waals surface area (Å²) in [6.45, 7) is 5.71. The summed E-state index contributed by atoms with van der Waals surface area (Å²) in [5, 5.41) is 8.60. The number of hydrogen-bond donors (Lipinski definition) is 1. The number of aliphatic hydroxyl groups is 1. The van der Waals surface area contributed by atoms with E-state index in [2.05, 4.69) is 0 Å². The maximum atomic E-state index is 15.0. The molecule has 0 radical (unpaired) electrons. The van der Waals surface area contributed by atoms with Gasteiger partial charge in [0.2, 0.25) is 5.91 Å². The summed E-state index contributed by atoms with van der Waals surface area (Å²) in [5.74, 6) is -1.02. The standard InChI is InChI=1S/C21H30FNO7/c1-21(2,3)30-18(26)7-6-17(25)23-11-14-10-16(27-4)20(19(22)15(14)12-23)29-9-5-8-28-13-24/h10,24H,5-9,11-13H2,1-4H3.